The molecule has 0 spiro atoms. The number of benzene rings is 2. The van der Waals surface area contributed by atoms with Gasteiger partial charge in [0.25, 0.3) is 0 Å². The van der Waals surface area contributed by atoms with E-state index in [2.05, 4.69) is 15.2 Å². The Morgan fingerprint density at radius 2 is 1.88 bits per heavy atom. The minimum absolute atomic E-state index is 0.353. The van der Waals surface area contributed by atoms with Crippen molar-refractivity contribution in [2.75, 3.05) is 29.1 Å². The SMILES string of the molecule is Cc1ccc(C2(O)CCN(c3nc4c(c(Nc5cccc(F)c5)n3)[S+]([O-])CC4)CC2)cc1. The van der Waals surface area contributed by atoms with Crippen molar-refractivity contribution in [3.05, 3.63) is 71.2 Å². The number of anilines is 3. The molecule has 0 amide bonds. The lowest BCUT2D eigenvalue weighted by molar-refractivity contribution is 0.0115. The third kappa shape index (κ3) is 4.05. The van der Waals surface area contributed by atoms with E-state index in [4.69, 9.17) is 4.98 Å². The highest BCUT2D eigenvalue weighted by Gasteiger charge is 2.37. The quantitative estimate of drug-likeness (QED) is 0.586. The van der Waals surface area contributed by atoms with E-state index in [0.717, 1.165) is 16.8 Å². The number of rotatable bonds is 4. The van der Waals surface area contributed by atoms with E-state index >= 15 is 0 Å². The topological polar surface area (TPSA) is 84.3 Å². The van der Waals surface area contributed by atoms with Gasteiger partial charge in [-0.05, 0) is 54.7 Å². The van der Waals surface area contributed by atoms with Gasteiger partial charge in [-0.25, -0.2) is 9.37 Å². The van der Waals surface area contributed by atoms with Crippen molar-refractivity contribution in [1.29, 1.82) is 0 Å². The number of aromatic nitrogens is 2. The summed E-state index contributed by atoms with van der Waals surface area (Å²) in [5, 5.41) is 14.3. The summed E-state index contributed by atoms with van der Waals surface area (Å²) in [5.74, 6) is 1.17. The van der Waals surface area contributed by atoms with Crippen LogP contribution in [0.2, 0.25) is 0 Å². The lowest BCUT2D eigenvalue weighted by atomic mass is 9.84. The molecule has 2 aromatic carbocycles. The van der Waals surface area contributed by atoms with Crippen LogP contribution in [-0.4, -0.2) is 38.5 Å². The Bertz CT molecular complexity index is 1130. The Balaban J connectivity index is 1.40. The van der Waals surface area contributed by atoms with Crippen molar-refractivity contribution in [2.45, 2.75) is 36.7 Å². The minimum Gasteiger partial charge on any atom is -0.611 e. The van der Waals surface area contributed by atoms with E-state index in [-0.39, 0.29) is 5.82 Å². The van der Waals surface area contributed by atoms with Crippen LogP contribution in [0.1, 0.15) is 29.7 Å². The molecule has 32 heavy (non-hydrogen) atoms. The molecule has 0 bridgehead atoms. The maximum Gasteiger partial charge on any atom is 0.227 e. The Labute approximate surface area is 189 Å². The van der Waals surface area contributed by atoms with Crippen molar-refractivity contribution < 1.29 is 14.0 Å². The van der Waals surface area contributed by atoms with Gasteiger partial charge in [-0.15, -0.1) is 0 Å². The smallest absolute Gasteiger partial charge is 0.227 e. The zero-order valence-corrected chi connectivity index (χ0v) is 18.7. The number of piperidine rings is 1. The molecule has 5 rings (SSSR count). The van der Waals surface area contributed by atoms with Crippen LogP contribution in [0, 0.1) is 12.7 Å². The van der Waals surface area contributed by atoms with Crippen molar-refractivity contribution in [1.82, 2.24) is 9.97 Å². The second-order valence-electron chi connectivity index (χ2n) is 8.47. The maximum atomic E-state index is 13.7. The second-order valence-corrected chi connectivity index (χ2v) is 9.98. The molecule has 1 atom stereocenters. The zero-order chi connectivity index (χ0) is 22.3. The van der Waals surface area contributed by atoms with Crippen molar-refractivity contribution in [2.24, 2.45) is 0 Å². The molecule has 1 unspecified atom stereocenters. The van der Waals surface area contributed by atoms with Gasteiger partial charge in [-0.2, -0.15) is 4.98 Å². The number of aryl methyl sites for hydroxylation is 2. The predicted molar refractivity (Wildman–Crippen MR) is 123 cm³/mol. The Morgan fingerprint density at radius 1 is 1.12 bits per heavy atom. The summed E-state index contributed by atoms with van der Waals surface area (Å²) in [6.45, 7) is 3.24. The first-order chi connectivity index (χ1) is 15.4. The van der Waals surface area contributed by atoms with Gasteiger partial charge in [0.1, 0.15) is 17.3 Å². The van der Waals surface area contributed by atoms with Crippen LogP contribution in [0.5, 0.6) is 0 Å². The number of hydrogen-bond donors (Lipinski definition) is 2. The maximum absolute atomic E-state index is 13.7. The summed E-state index contributed by atoms with van der Waals surface area (Å²) in [7, 11) is 0. The predicted octanol–water partition coefficient (Wildman–Crippen LogP) is 3.82. The number of halogens is 1. The average Bonchev–Trinajstić information content (AvgIpc) is 3.16. The Kier molecular flexibility index (Phi) is 5.53. The monoisotopic (exact) mass is 452 g/mol. The number of aliphatic hydroxyl groups is 1. The molecule has 166 valence electrons. The van der Waals surface area contributed by atoms with Crippen molar-refractivity contribution in [3.63, 3.8) is 0 Å². The molecule has 0 radical (unpaired) electrons. The summed E-state index contributed by atoms with van der Waals surface area (Å²) in [5.41, 5.74) is 2.55. The summed E-state index contributed by atoms with van der Waals surface area (Å²) >= 11 is -1.18. The van der Waals surface area contributed by atoms with Crippen molar-refractivity contribution in [3.8, 4) is 0 Å². The summed E-state index contributed by atoms with van der Waals surface area (Å²) < 4.78 is 26.2. The first kappa shape index (κ1) is 21.2. The molecule has 0 saturated carbocycles. The van der Waals surface area contributed by atoms with Crippen molar-refractivity contribution >= 4 is 28.6 Å². The highest BCUT2D eigenvalue weighted by atomic mass is 32.2. The lowest BCUT2D eigenvalue weighted by Gasteiger charge is -2.38. The van der Waals surface area contributed by atoms with E-state index in [1.165, 1.54) is 12.1 Å². The molecule has 2 aliphatic rings. The van der Waals surface area contributed by atoms with E-state index in [9.17, 15) is 14.0 Å². The fourth-order valence-corrected chi connectivity index (χ4v) is 5.65. The summed E-state index contributed by atoms with van der Waals surface area (Å²) in [6, 6.07) is 14.2. The van der Waals surface area contributed by atoms with E-state index < -0.39 is 16.8 Å². The zero-order valence-electron chi connectivity index (χ0n) is 17.8. The van der Waals surface area contributed by atoms with Gasteiger partial charge in [0, 0.05) is 25.2 Å². The Hall–Kier alpha value is -2.68. The molecule has 3 aromatic rings. The van der Waals surface area contributed by atoms with Crippen LogP contribution < -0.4 is 10.2 Å². The number of fused-ring (bicyclic) bond motifs is 1. The van der Waals surface area contributed by atoms with E-state index in [1.807, 2.05) is 31.2 Å². The van der Waals surface area contributed by atoms with Gasteiger partial charge in [-0.3, -0.25) is 0 Å². The van der Waals surface area contributed by atoms with Gasteiger partial charge in [0.2, 0.25) is 10.8 Å². The highest BCUT2D eigenvalue weighted by molar-refractivity contribution is 7.91. The average molecular weight is 453 g/mol. The molecule has 8 heteroatoms. The largest absolute Gasteiger partial charge is 0.611 e. The van der Waals surface area contributed by atoms with Crippen LogP contribution in [0.15, 0.2) is 53.4 Å². The van der Waals surface area contributed by atoms with Gasteiger partial charge in [-0.1, -0.05) is 35.9 Å². The molecule has 1 fully saturated rings. The number of nitrogens with one attached hydrogen (secondary N) is 1. The highest BCUT2D eigenvalue weighted by Crippen LogP contribution is 2.37. The lowest BCUT2D eigenvalue weighted by Crippen LogP contribution is -2.43. The van der Waals surface area contributed by atoms with E-state index in [0.29, 0.717) is 60.5 Å². The fourth-order valence-electron chi connectivity index (χ4n) is 4.34. The third-order valence-electron chi connectivity index (χ3n) is 6.23. The van der Waals surface area contributed by atoms with Crippen LogP contribution >= 0.6 is 0 Å². The summed E-state index contributed by atoms with van der Waals surface area (Å²) in [4.78, 5) is 12.0. The molecule has 2 aliphatic heterocycles. The van der Waals surface area contributed by atoms with Gasteiger partial charge >= 0.3 is 0 Å². The number of nitrogens with zero attached hydrogens (tertiary/aromatic N) is 3. The van der Waals surface area contributed by atoms with Gasteiger partial charge < -0.3 is 19.9 Å². The Morgan fingerprint density at radius 3 is 2.59 bits per heavy atom. The minimum atomic E-state index is -1.18. The molecule has 2 N–H and O–H groups in total. The summed E-state index contributed by atoms with van der Waals surface area (Å²) in [6.07, 6.45) is 1.75. The van der Waals surface area contributed by atoms with E-state index in [1.54, 1.807) is 12.1 Å². The van der Waals surface area contributed by atoms with Crippen LogP contribution in [0.4, 0.5) is 21.8 Å². The molecule has 0 aliphatic carbocycles. The normalized spacial score (nSPS) is 19.6. The van der Waals surface area contributed by atoms with Crippen LogP contribution in [0.25, 0.3) is 0 Å². The van der Waals surface area contributed by atoms with Crippen LogP contribution in [0.3, 0.4) is 0 Å². The third-order valence-corrected chi connectivity index (χ3v) is 7.68. The fraction of sp³-hybridized carbons (Fsp3) is 0.333. The molecule has 1 saturated heterocycles. The standard InChI is InChI=1S/C24H25FN4O2S/c1-16-5-7-17(8-6-16)24(30)10-12-29(13-11-24)23-27-20-9-14-32(31)21(20)22(28-23)26-19-4-2-3-18(25)15-19/h2-8,15,30H,9-14H2,1H3,(H,26,27,28). The molecule has 6 nitrogen and oxygen atoms in total. The van der Waals surface area contributed by atoms with Gasteiger partial charge in [0.15, 0.2) is 5.82 Å². The molecular formula is C24H25FN4O2S. The first-order valence-electron chi connectivity index (χ1n) is 10.8. The first-order valence-corrected chi connectivity index (χ1v) is 12.1. The molecule has 3 heterocycles. The van der Waals surface area contributed by atoms with Crippen LogP contribution in [-0.2, 0) is 23.2 Å². The van der Waals surface area contributed by atoms with Gasteiger partial charge in [0.05, 0.1) is 5.60 Å². The number of hydrogen-bond acceptors (Lipinski definition) is 6. The second kappa shape index (κ2) is 8.35. The molecule has 1 aromatic heterocycles. The molecular weight excluding hydrogens is 427 g/mol.